The van der Waals surface area contributed by atoms with E-state index >= 15 is 0 Å². The maximum absolute atomic E-state index is 12.8. The number of amides is 1. The van der Waals surface area contributed by atoms with E-state index < -0.39 is 0 Å². The van der Waals surface area contributed by atoms with Crippen LogP contribution in [0.25, 0.3) is 0 Å². The van der Waals surface area contributed by atoms with Gasteiger partial charge in [0.25, 0.3) is 0 Å². The summed E-state index contributed by atoms with van der Waals surface area (Å²) in [6, 6.07) is 8.62. The fourth-order valence-electron chi connectivity index (χ4n) is 4.23. The third-order valence-electron chi connectivity index (χ3n) is 5.55. The molecule has 138 valence electrons. The largest absolute Gasteiger partial charge is 0.497 e. The van der Waals surface area contributed by atoms with Crippen LogP contribution in [0.5, 0.6) is 5.75 Å². The van der Waals surface area contributed by atoms with Gasteiger partial charge in [-0.05, 0) is 36.5 Å². The minimum atomic E-state index is 0.212. The molecule has 1 amide bonds. The van der Waals surface area contributed by atoms with Crippen molar-refractivity contribution in [1.29, 1.82) is 0 Å². The molecular weight excluding hydrogens is 328 g/mol. The quantitative estimate of drug-likeness (QED) is 0.824. The van der Waals surface area contributed by atoms with Crippen LogP contribution in [0.1, 0.15) is 18.4 Å². The number of carbonyl (C=O) groups excluding carboxylic acids is 1. The lowest BCUT2D eigenvalue weighted by molar-refractivity contribution is -0.135. The van der Waals surface area contributed by atoms with Gasteiger partial charge in [0, 0.05) is 44.6 Å². The van der Waals surface area contributed by atoms with E-state index in [1.165, 1.54) is 12.0 Å². The van der Waals surface area contributed by atoms with Crippen molar-refractivity contribution in [3.05, 3.63) is 48.5 Å². The highest BCUT2D eigenvalue weighted by Gasteiger charge is 2.36. The molecule has 0 saturated carbocycles. The summed E-state index contributed by atoms with van der Waals surface area (Å²) in [5, 5.41) is 0. The Hall–Kier alpha value is -2.34. The predicted octanol–water partition coefficient (Wildman–Crippen LogP) is 2.01. The Balaban J connectivity index is 1.41. The summed E-state index contributed by atoms with van der Waals surface area (Å²) in [6.45, 7) is 4.23. The summed E-state index contributed by atoms with van der Waals surface area (Å²) in [6.07, 6.45) is 7.62. The Morgan fingerprint density at radius 3 is 2.77 bits per heavy atom. The number of rotatable bonds is 5. The molecule has 2 bridgehead atoms. The molecule has 3 fully saturated rings. The van der Waals surface area contributed by atoms with Crippen molar-refractivity contribution in [2.45, 2.75) is 32.0 Å². The van der Waals surface area contributed by atoms with E-state index in [2.05, 4.69) is 26.9 Å². The van der Waals surface area contributed by atoms with Crippen LogP contribution in [-0.4, -0.2) is 58.0 Å². The number of nitrogens with zero attached hydrogens (tertiary/aromatic N) is 4. The summed E-state index contributed by atoms with van der Waals surface area (Å²) < 4.78 is 7.10. The molecule has 3 aliphatic heterocycles. The second-order valence-electron chi connectivity index (χ2n) is 7.42. The van der Waals surface area contributed by atoms with Gasteiger partial charge in [0.2, 0.25) is 5.91 Å². The third-order valence-corrected chi connectivity index (χ3v) is 5.55. The fraction of sp³-hybridized carbons (Fsp3) is 0.500. The van der Waals surface area contributed by atoms with Crippen LogP contribution >= 0.6 is 0 Å². The Morgan fingerprint density at radius 2 is 2.04 bits per heavy atom. The number of methoxy groups -OCH3 is 1. The molecule has 0 N–H and O–H groups in total. The minimum absolute atomic E-state index is 0.212. The zero-order valence-corrected chi connectivity index (χ0v) is 15.3. The molecule has 4 heterocycles. The van der Waals surface area contributed by atoms with E-state index in [-0.39, 0.29) is 5.91 Å². The number of hydrogen-bond acceptors (Lipinski definition) is 4. The van der Waals surface area contributed by atoms with E-state index in [4.69, 9.17) is 4.74 Å². The molecule has 0 spiro atoms. The Bertz CT molecular complexity index is 729. The molecule has 1 aromatic heterocycles. The number of carbonyl (C=O) groups is 1. The van der Waals surface area contributed by atoms with Crippen LogP contribution in [0.2, 0.25) is 0 Å². The first-order chi connectivity index (χ1) is 12.7. The topological polar surface area (TPSA) is 50.6 Å². The minimum Gasteiger partial charge on any atom is -0.497 e. The molecule has 2 aromatic rings. The molecule has 0 unspecified atom stereocenters. The highest BCUT2D eigenvalue weighted by molar-refractivity contribution is 5.76. The molecule has 26 heavy (non-hydrogen) atoms. The molecule has 0 aliphatic carbocycles. The molecule has 5 rings (SSSR count). The van der Waals surface area contributed by atoms with Crippen LogP contribution < -0.4 is 4.74 Å². The zero-order valence-electron chi connectivity index (χ0n) is 15.3. The second-order valence-corrected chi connectivity index (χ2v) is 7.42. The lowest BCUT2D eigenvalue weighted by Gasteiger charge is -2.36. The molecule has 6 heteroatoms. The van der Waals surface area contributed by atoms with Crippen molar-refractivity contribution in [3.8, 4) is 5.75 Å². The van der Waals surface area contributed by atoms with Crippen molar-refractivity contribution >= 4 is 5.91 Å². The van der Waals surface area contributed by atoms with Gasteiger partial charge in [-0.25, -0.2) is 4.98 Å². The van der Waals surface area contributed by atoms with E-state index in [9.17, 15) is 4.79 Å². The second kappa shape index (κ2) is 7.50. The van der Waals surface area contributed by atoms with Crippen molar-refractivity contribution in [1.82, 2.24) is 19.4 Å². The summed E-state index contributed by atoms with van der Waals surface area (Å²) in [5.74, 6) is 1.67. The number of hydrogen-bond donors (Lipinski definition) is 0. The number of imidazole rings is 1. The van der Waals surface area contributed by atoms with Crippen LogP contribution in [0.3, 0.4) is 0 Å². The zero-order chi connectivity index (χ0) is 17.9. The monoisotopic (exact) mass is 354 g/mol. The van der Waals surface area contributed by atoms with Gasteiger partial charge in [-0.3, -0.25) is 9.69 Å². The summed E-state index contributed by atoms with van der Waals surface area (Å²) in [7, 11) is 1.69. The smallest absolute Gasteiger partial charge is 0.242 e. The van der Waals surface area contributed by atoms with Crippen LogP contribution in [0, 0.1) is 5.92 Å². The maximum Gasteiger partial charge on any atom is 0.242 e. The summed E-state index contributed by atoms with van der Waals surface area (Å²) in [5.41, 5.74) is 1.29. The van der Waals surface area contributed by atoms with E-state index in [0.717, 1.165) is 38.3 Å². The maximum atomic E-state index is 12.8. The van der Waals surface area contributed by atoms with Gasteiger partial charge in [-0.15, -0.1) is 0 Å². The molecule has 2 atom stereocenters. The molecular formula is C20H26N4O2. The highest BCUT2D eigenvalue weighted by Crippen LogP contribution is 2.29. The first-order valence-corrected chi connectivity index (χ1v) is 9.32. The van der Waals surface area contributed by atoms with Gasteiger partial charge in [0.1, 0.15) is 12.3 Å². The van der Waals surface area contributed by atoms with Crippen molar-refractivity contribution < 1.29 is 9.53 Å². The SMILES string of the molecule is COc1ccc(CN2C[C@H]3CC[C@@H](C2)N(C(=O)Cn2ccnc2)C3)cc1. The lowest BCUT2D eigenvalue weighted by atomic mass is 9.95. The van der Waals surface area contributed by atoms with Crippen molar-refractivity contribution in [3.63, 3.8) is 0 Å². The first-order valence-electron chi connectivity index (χ1n) is 9.32. The summed E-state index contributed by atoms with van der Waals surface area (Å²) >= 11 is 0. The van der Waals surface area contributed by atoms with Crippen LogP contribution in [-0.2, 0) is 17.9 Å². The van der Waals surface area contributed by atoms with Gasteiger partial charge in [-0.2, -0.15) is 0 Å². The van der Waals surface area contributed by atoms with Crippen LogP contribution in [0.4, 0.5) is 0 Å². The van der Waals surface area contributed by atoms with Gasteiger partial charge in [0.15, 0.2) is 0 Å². The van der Waals surface area contributed by atoms with E-state index in [1.54, 1.807) is 19.6 Å². The number of ether oxygens (including phenoxy) is 1. The molecule has 3 aliphatic rings. The predicted molar refractivity (Wildman–Crippen MR) is 98.7 cm³/mol. The lowest BCUT2D eigenvalue weighted by Crippen LogP contribution is -2.48. The fourth-order valence-corrected chi connectivity index (χ4v) is 4.23. The number of aromatic nitrogens is 2. The van der Waals surface area contributed by atoms with Gasteiger partial charge >= 0.3 is 0 Å². The average molecular weight is 354 g/mol. The van der Waals surface area contributed by atoms with E-state index in [1.807, 2.05) is 22.9 Å². The van der Waals surface area contributed by atoms with Crippen LogP contribution in [0.15, 0.2) is 43.0 Å². The number of piperidine rings is 1. The molecule has 3 saturated heterocycles. The van der Waals surface area contributed by atoms with Crippen molar-refractivity contribution in [2.75, 3.05) is 26.7 Å². The van der Waals surface area contributed by atoms with Gasteiger partial charge in [-0.1, -0.05) is 12.1 Å². The highest BCUT2D eigenvalue weighted by atomic mass is 16.5. The average Bonchev–Trinajstić information content (AvgIpc) is 3.01. The summed E-state index contributed by atoms with van der Waals surface area (Å²) in [4.78, 5) is 21.4. The first kappa shape index (κ1) is 17.1. The van der Waals surface area contributed by atoms with Gasteiger partial charge in [0.05, 0.1) is 13.4 Å². The Morgan fingerprint density at radius 1 is 1.19 bits per heavy atom. The Kier molecular flexibility index (Phi) is 4.93. The molecule has 1 aromatic carbocycles. The van der Waals surface area contributed by atoms with Gasteiger partial charge < -0.3 is 14.2 Å². The number of benzene rings is 1. The third kappa shape index (κ3) is 3.75. The normalized spacial score (nSPS) is 23.0. The molecule has 0 radical (unpaired) electrons. The Labute approximate surface area is 154 Å². The molecule has 6 nitrogen and oxygen atoms in total. The standard InChI is InChI=1S/C20H26N4O2/c1-26-19-6-3-16(4-7-19)10-23-11-17-2-5-18(13-23)24(12-17)20(25)14-22-9-8-21-15-22/h3-4,6-9,15,17-18H,2,5,10-14H2,1H3/t17-,18+/m1/s1. The van der Waals surface area contributed by atoms with Crippen molar-refractivity contribution in [2.24, 2.45) is 5.92 Å². The van der Waals surface area contributed by atoms with E-state index in [0.29, 0.717) is 18.5 Å². The number of fused-ring (bicyclic) bond motifs is 4.